The first-order chi connectivity index (χ1) is 10.8. The fourth-order valence-corrected chi connectivity index (χ4v) is 3.35. The van der Waals surface area contributed by atoms with Crippen molar-refractivity contribution in [3.63, 3.8) is 0 Å². The van der Waals surface area contributed by atoms with Gasteiger partial charge in [0, 0.05) is 17.3 Å². The number of benzene rings is 2. The molecule has 2 aromatic rings. The fraction of sp³-hybridized carbons (Fsp3) is 0.105. The second kappa shape index (κ2) is 4.88. The molecule has 0 saturated heterocycles. The monoisotopic (exact) mass is 289 g/mol. The summed E-state index contributed by atoms with van der Waals surface area (Å²) in [5.74, 6) is -0.549. The van der Waals surface area contributed by atoms with Crippen LogP contribution in [0.15, 0.2) is 72.8 Å². The molecule has 0 radical (unpaired) electrons. The van der Waals surface area contributed by atoms with Gasteiger partial charge in [0.15, 0.2) is 0 Å². The van der Waals surface area contributed by atoms with Crippen molar-refractivity contribution in [2.24, 2.45) is 0 Å². The van der Waals surface area contributed by atoms with Crippen molar-refractivity contribution in [2.45, 2.75) is 12.0 Å². The number of carbonyl (C=O) groups is 1. The molecule has 2 unspecified atom stereocenters. The van der Waals surface area contributed by atoms with E-state index >= 15 is 0 Å². The number of anilines is 2. The number of hydrogen-bond donors (Lipinski definition) is 1. The van der Waals surface area contributed by atoms with Crippen LogP contribution in [-0.4, -0.2) is 17.1 Å². The molecule has 3 heteroatoms. The number of allylic oxidation sites excluding steroid dienone is 2. The van der Waals surface area contributed by atoms with Gasteiger partial charge in [0.2, 0.25) is 0 Å². The Hall–Kier alpha value is -2.81. The van der Waals surface area contributed by atoms with E-state index in [0.717, 1.165) is 5.69 Å². The number of para-hydroxylation sites is 1. The molecule has 0 saturated carbocycles. The van der Waals surface area contributed by atoms with E-state index in [0.29, 0.717) is 11.5 Å². The lowest BCUT2D eigenvalue weighted by Crippen LogP contribution is -2.28. The van der Waals surface area contributed by atoms with Crippen LogP contribution in [0.25, 0.3) is 0 Å². The number of nitrogens with zero attached hydrogens (tertiary/aromatic N) is 1. The Bertz CT molecular complexity index is 789. The van der Waals surface area contributed by atoms with Crippen LogP contribution in [0, 0.1) is 0 Å². The summed E-state index contributed by atoms with van der Waals surface area (Å²) in [5.41, 5.74) is 3.84. The third-order valence-electron chi connectivity index (χ3n) is 4.35. The molecule has 1 heterocycles. The number of carboxylic acid groups (broad SMARTS) is 1. The normalized spacial score (nSPS) is 21.5. The first-order valence-corrected chi connectivity index (χ1v) is 7.32. The van der Waals surface area contributed by atoms with Crippen molar-refractivity contribution in [3.8, 4) is 0 Å². The van der Waals surface area contributed by atoms with Crippen LogP contribution in [0.5, 0.6) is 0 Å². The van der Waals surface area contributed by atoms with Gasteiger partial charge in [-0.2, -0.15) is 0 Å². The molecule has 4 rings (SSSR count). The molecule has 0 aromatic heterocycles. The Morgan fingerprint density at radius 2 is 1.68 bits per heavy atom. The molecule has 0 bridgehead atoms. The van der Waals surface area contributed by atoms with E-state index < -0.39 is 5.97 Å². The van der Waals surface area contributed by atoms with Crippen molar-refractivity contribution in [2.75, 3.05) is 4.90 Å². The van der Waals surface area contributed by atoms with Gasteiger partial charge in [0.05, 0.1) is 11.6 Å². The van der Waals surface area contributed by atoms with Crippen LogP contribution < -0.4 is 4.90 Å². The third-order valence-corrected chi connectivity index (χ3v) is 4.35. The van der Waals surface area contributed by atoms with E-state index in [1.807, 2.05) is 18.2 Å². The number of rotatable bonds is 2. The zero-order chi connectivity index (χ0) is 15.1. The van der Waals surface area contributed by atoms with Crippen LogP contribution in [0.4, 0.5) is 11.4 Å². The summed E-state index contributed by atoms with van der Waals surface area (Å²) in [6.45, 7) is 0. The molecule has 1 N–H and O–H groups in total. The molecule has 2 aromatic carbocycles. The largest absolute Gasteiger partial charge is 0.478 e. The number of fused-ring (bicyclic) bond motifs is 3. The minimum atomic E-state index is -0.897. The molecule has 1 aliphatic carbocycles. The maximum Gasteiger partial charge on any atom is 0.335 e. The number of hydrogen-bond acceptors (Lipinski definition) is 2. The van der Waals surface area contributed by atoms with Crippen LogP contribution in [0.2, 0.25) is 0 Å². The lowest BCUT2D eigenvalue weighted by Gasteiger charge is -2.28. The van der Waals surface area contributed by atoms with Crippen LogP contribution >= 0.6 is 0 Å². The lowest BCUT2D eigenvalue weighted by atomic mass is 9.91. The maximum absolute atomic E-state index is 11.0. The lowest BCUT2D eigenvalue weighted by molar-refractivity contribution is 0.0697. The highest BCUT2D eigenvalue weighted by Gasteiger charge is 2.36. The van der Waals surface area contributed by atoms with Gasteiger partial charge in [0.25, 0.3) is 0 Å². The summed E-state index contributed by atoms with van der Waals surface area (Å²) in [6.07, 6.45) is 8.60. The Kier molecular flexibility index (Phi) is 2.86. The predicted molar refractivity (Wildman–Crippen MR) is 86.8 cm³/mol. The van der Waals surface area contributed by atoms with Crippen LogP contribution in [0.3, 0.4) is 0 Å². The van der Waals surface area contributed by atoms with Gasteiger partial charge in [-0.15, -0.1) is 0 Å². The minimum Gasteiger partial charge on any atom is -0.478 e. The van der Waals surface area contributed by atoms with Crippen molar-refractivity contribution < 1.29 is 9.90 Å². The summed E-state index contributed by atoms with van der Waals surface area (Å²) < 4.78 is 0. The average Bonchev–Trinajstić information content (AvgIpc) is 2.89. The summed E-state index contributed by atoms with van der Waals surface area (Å²) in [6, 6.07) is 15.7. The van der Waals surface area contributed by atoms with E-state index in [9.17, 15) is 4.79 Å². The van der Waals surface area contributed by atoms with E-state index in [2.05, 4.69) is 47.4 Å². The fourth-order valence-electron chi connectivity index (χ4n) is 3.35. The van der Waals surface area contributed by atoms with Gasteiger partial charge >= 0.3 is 5.97 Å². The first-order valence-electron chi connectivity index (χ1n) is 7.32. The second-order valence-corrected chi connectivity index (χ2v) is 5.57. The highest BCUT2D eigenvalue weighted by atomic mass is 16.4. The first kappa shape index (κ1) is 12.9. The van der Waals surface area contributed by atoms with Crippen LogP contribution in [0.1, 0.15) is 21.8 Å². The Morgan fingerprint density at radius 3 is 2.45 bits per heavy atom. The third kappa shape index (κ3) is 1.86. The van der Waals surface area contributed by atoms with E-state index in [4.69, 9.17) is 5.11 Å². The van der Waals surface area contributed by atoms with Gasteiger partial charge in [-0.1, -0.05) is 42.5 Å². The Labute approximate surface area is 128 Å². The topological polar surface area (TPSA) is 40.5 Å². The smallest absolute Gasteiger partial charge is 0.335 e. The van der Waals surface area contributed by atoms with Crippen LogP contribution in [-0.2, 0) is 0 Å². The molecular weight excluding hydrogens is 274 g/mol. The average molecular weight is 289 g/mol. The minimum absolute atomic E-state index is 0.248. The molecule has 2 atom stereocenters. The van der Waals surface area contributed by atoms with E-state index in [1.165, 1.54) is 11.3 Å². The molecule has 3 nitrogen and oxygen atoms in total. The molecule has 0 spiro atoms. The highest BCUT2D eigenvalue weighted by Crippen LogP contribution is 2.47. The summed E-state index contributed by atoms with van der Waals surface area (Å²) in [4.78, 5) is 13.3. The van der Waals surface area contributed by atoms with E-state index in [1.54, 1.807) is 12.1 Å². The zero-order valence-corrected chi connectivity index (χ0v) is 11.9. The predicted octanol–water partition coefficient (Wildman–Crippen LogP) is 4.11. The quantitative estimate of drug-likeness (QED) is 0.904. The SMILES string of the molecule is O=C(O)c1ccc(N2c3ccccc3C3C=CC=CC32)cc1. The van der Waals surface area contributed by atoms with Gasteiger partial charge < -0.3 is 10.0 Å². The molecular formula is C19H15NO2. The van der Waals surface area contributed by atoms with E-state index in [-0.39, 0.29) is 6.04 Å². The van der Waals surface area contributed by atoms with Crippen molar-refractivity contribution in [3.05, 3.63) is 84.0 Å². The molecule has 0 fully saturated rings. The van der Waals surface area contributed by atoms with Crippen molar-refractivity contribution in [1.29, 1.82) is 0 Å². The number of carboxylic acids is 1. The van der Waals surface area contributed by atoms with Gasteiger partial charge in [-0.05, 0) is 35.9 Å². The van der Waals surface area contributed by atoms with Gasteiger partial charge in [0.1, 0.15) is 0 Å². The van der Waals surface area contributed by atoms with Gasteiger partial charge in [-0.25, -0.2) is 4.79 Å². The molecule has 22 heavy (non-hydrogen) atoms. The van der Waals surface area contributed by atoms with Gasteiger partial charge in [-0.3, -0.25) is 0 Å². The summed E-state index contributed by atoms with van der Waals surface area (Å²) in [5, 5.41) is 9.05. The zero-order valence-electron chi connectivity index (χ0n) is 11.9. The molecule has 1 aliphatic heterocycles. The second-order valence-electron chi connectivity index (χ2n) is 5.57. The highest BCUT2D eigenvalue weighted by molar-refractivity contribution is 5.88. The molecule has 108 valence electrons. The Balaban J connectivity index is 1.81. The number of aromatic carboxylic acids is 1. The maximum atomic E-state index is 11.0. The Morgan fingerprint density at radius 1 is 0.955 bits per heavy atom. The summed E-state index contributed by atoms with van der Waals surface area (Å²) in [7, 11) is 0. The standard InChI is InChI=1S/C19H15NO2/c21-19(22)13-9-11-14(12-10-13)20-17-7-3-1-5-15(17)16-6-2-4-8-18(16)20/h1-12,15,17H,(H,21,22). The summed E-state index contributed by atoms with van der Waals surface area (Å²) >= 11 is 0. The molecule has 0 amide bonds. The van der Waals surface area contributed by atoms with Crippen molar-refractivity contribution >= 4 is 17.3 Å². The van der Waals surface area contributed by atoms with Crippen molar-refractivity contribution in [1.82, 2.24) is 0 Å². The molecule has 2 aliphatic rings.